The molecule has 0 aromatic carbocycles. The van der Waals surface area contributed by atoms with Gasteiger partial charge < -0.3 is 4.90 Å². The third kappa shape index (κ3) is 3.21. The SMILES string of the molecule is CCCCCCN1C(=O)CNC1C1CCCC1. The molecule has 1 atom stereocenters. The fourth-order valence-corrected chi connectivity index (χ4v) is 3.23. The molecular formula is C14H26N2O. The van der Waals surface area contributed by atoms with Crippen molar-refractivity contribution in [3.8, 4) is 0 Å². The van der Waals surface area contributed by atoms with Crippen molar-refractivity contribution in [2.75, 3.05) is 13.1 Å². The van der Waals surface area contributed by atoms with Crippen LogP contribution in [-0.4, -0.2) is 30.1 Å². The second kappa shape index (κ2) is 6.39. The first-order valence-electron chi connectivity index (χ1n) is 7.35. The summed E-state index contributed by atoms with van der Waals surface area (Å²) in [6.45, 7) is 3.76. The molecule has 1 heterocycles. The first kappa shape index (κ1) is 12.9. The van der Waals surface area contributed by atoms with E-state index in [1.54, 1.807) is 0 Å². The molecule has 1 amide bonds. The van der Waals surface area contributed by atoms with Crippen molar-refractivity contribution in [3.05, 3.63) is 0 Å². The van der Waals surface area contributed by atoms with Crippen LogP contribution in [0.5, 0.6) is 0 Å². The molecule has 0 radical (unpaired) electrons. The first-order valence-corrected chi connectivity index (χ1v) is 7.35. The maximum atomic E-state index is 11.9. The van der Waals surface area contributed by atoms with Gasteiger partial charge in [-0.25, -0.2) is 0 Å². The van der Waals surface area contributed by atoms with Crippen molar-refractivity contribution in [2.24, 2.45) is 5.92 Å². The predicted molar refractivity (Wildman–Crippen MR) is 69.6 cm³/mol. The van der Waals surface area contributed by atoms with E-state index in [1.165, 1.54) is 51.4 Å². The fraction of sp³-hybridized carbons (Fsp3) is 0.929. The Morgan fingerprint density at radius 2 is 2.00 bits per heavy atom. The number of carbonyl (C=O) groups is 1. The molecule has 1 aliphatic carbocycles. The summed E-state index contributed by atoms with van der Waals surface area (Å²) in [6, 6.07) is 0. The molecular weight excluding hydrogens is 212 g/mol. The first-order chi connectivity index (χ1) is 8.33. The Morgan fingerprint density at radius 1 is 1.24 bits per heavy atom. The molecule has 98 valence electrons. The normalized spacial score (nSPS) is 26.1. The summed E-state index contributed by atoms with van der Waals surface area (Å²) in [7, 11) is 0. The summed E-state index contributed by atoms with van der Waals surface area (Å²) in [5.74, 6) is 1.03. The van der Waals surface area contributed by atoms with Gasteiger partial charge in [0.2, 0.25) is 5.91 Å². The summed E-state index contributed by atoms with van der Waals surface area (Å²) in [4.78, 5) is 14.0. The second-order valence-corrected chi connectivity index (χ2v) is 5.52. The van der Waals surface area contributed by atoms with Gasteiger partial charge in [0.05, 0.1) is 12.7 Å². The summed E-state index contributed by atoms with van der Waals surface area (Å²) in [5, 5.41) is 3.42. The Kier molecular flexibility index (Phi) is 4.84. The second-order valence-electron chi connectivity index (χ2n) is 5.52. The zero-order valence-electron chi connectivity index (χ0n) is 11.1. The maximum Gasteiger partial charge on any atom is 0.237 e. The number of amides is 1. The highest BCUT2D eigenvalue weighted by molar-refractivity contribution is 5.80. The van der Waals surface area contributed by atoms with E-state index >= 15 is 0 Å². The Bertz CT molecular complexity index is 249. The molecule has 0 spiro atoms. The standard InChI is InChI=1S/C14H26N2O/c1-2-3-4-7-10-16-13(17)11-15-14(16)12-8-5-6-9-12/h12,14-15H,2-11H2,1H3. The minimum Gasteiger partial charge on any atom is -0.326 e. The van der Waals surface area contributed by atoms with Crippen molar-refractivity contribution in [3.63, 3.8) is 0 Å². The zero-order chi connectivity index (χ0) is 12.1. The smallest absolute Gasteiger partial charge is 0.237 e. The maximum absolute atomic E-state index is 11.9. The van der Waals surface area contributed by atoms with Gasteiger partial charge in [-0.1, -0.05) is 39.0 Å². The highest BCUT2D eigenvalue weighted by Crippen LogP contribution is 2.30. The van der Waals surface area contributed by atoms with Gasteiger partial charge in [0.25, 0.3) is 0 Å². The van der Waals surface area contributed by atoms with Gasteiger partial charge in [-0.05, 0) is 25.2 Å². The van der Waals surface area contributed by atoms with E-state index in [2.05, 4.69) is 17.1 Å². The van der Waals surface area contributed by atoms with Crippen molar-refractivity contribution in [1.29, 1.82) is 0 Å². The summed E-state index contributed by atoms with van der Waals surface area (Å²) >= 11 is 0. The number of rotatable bonds is 6. The van der Waals surface area contributed by atoms with E-state index in [1.807, 2.05) is 0 Å². The van der Waals surface area contributed by atoms with Crippen molar-refractivity contribution < 1.29 is 4.79 Å². The van der Waals surface area contributed by atoms with E-state index < -0.39 is 0 Å². The molecule has 1 saturated heterocycles. The lowest BCUT2D eigenvalue weighted by Gasteiger charge is -2.29. The molecule has 3 heteroatoms. The van der Waals surface area contributed by atoms with Crippen LogP contribution in [0, 0.1) is 5.92 Å². The Labute approximate surface area is 105 Å². The average Bonchev–Trinajstić information content (AvgIpc) is 2.94. The van der Waals surface area contributed by atoms with Crippen LogP contribution in [0.3, 0.4) is 0 Å². The number of nitrogens with zero attached hydrogens (tertiary/aromatic N) is 1. The molecule has 2 fully saturated rings. The Balaban J connectivity index is 1.81. The monoisotopic (exact) mass is 238 g/mol. The minimum atomic E-state index is 0.318. The third-order valence-corrected chi connectivity index (χ3v) is 4.22. The quantitative estimate of drug-likeness (QED) is 0.721. The van der Waals surface area contributed by atoms with Gasteiger partial charge in [-0.3, -0.25) is 10.1 Å². The highest BCUT2D eigenvalue weighted by atomic mass is 16.2. The molecule has 1 N–H and O–H groups in total. The Morgan fingerprint density at radius 3 is 2.71 bits per heavy atom. The van der Waals surface area contributed by atoms with Gasteiger partial charge in [-0.2, -0.15) is 0 Å². The van der Waals surface area contributed by atoms with Crippen LogP contribution in [0.4, 0.5) is 0 Å². The molecule has 3 nitrogen and oxygen atoms in total. The minimum absolute atomic E-state index is 0.318. The summed E-state index contributed by atoms with van der Waals surface area (Å²) in [6.07, 6.45) is 10.6. The van der Waals surface area contributed by atoms with Crippen LogP contribution in [0.2, 0.25) is 0 Å². The van der Waals surface area contributed by atoms with Gasteiger partial charge in [-0.15, -0.1) is 0 Å². The number of hydrogen-bond donors (Lipinski definition) is 1. The van der Waals surface area contributed by atoms with Crippen molar-refractivity contribution in [2.45, 2.75) is 64.5 Å². The summed E-state index contributed by atoms with van der Waals surface area (Å²) in [5.41, 5.74) is 0. The summed E-state index contributed by atoms with van der Waals surface area (Å²) < 4.78 is 0. The molecule has 1 saturated carbocycles. The van der Waals surface area contributed by atoms with Gasteiger partial charge >= 0.3 is 0 Å². The number of hydrogen-bond acceptors (Lipinski definition) is 2. The van der Waals surface area contributed by atoms with Crippen LogP contribution < -0.4 is 5.32 Å². The Hall–Kier alpha value is -0.570. The molecule has 0 aromatic rings. The molecule has 1 unspecified atom stereocenters. The van der Waals surface area contributed by atoms with Crippen LogP contribution in [0.15, 0.2) is 0 Å². The highest BCUT2D eigenvalue weighted by Gasteiger charge is 2.36. The van der Waals surface area contributed by atoms with Crippen molar-refractivity contribution >= 4 is 5.91 Å². The fourth-order valence-electron chi connectivity index (χ4n) is 3.23. The predicted octanol–water partition coefficient (Wildman–Crippen LogP) is 2.51. The number of unbranched alkanes of at least 4 members (excludes halogenated alkanes) is 3. The van der Waals surface area contributed by atoms with Crippen LogP contribution in [0.25, 0.3) is 0 Å². The zero-order valence-corrected chi connectivity index (χ0v) is 11.1. The molecule has 2 rings (SSSR count). The largest absolute Gasteiger partial charge is 0.326 e. The van der Waals surface area contributed by atoms with E-state index in [9.17, 15) is 4.79 Å². The molecule has 17 heavy (non-hydrogen) atoms. The van der Waals surface area contributed by atoms with Gasteiger partial charge in [0.15, 0.2) is 0 Å². The molecule has 1 aliphatic heterocycles. The molecule has 0 aromatic heterocycles. The van der Waals surface area contributed by atoms with Crippen LogP contribution in [-0.2, 0) is 4.79 Å². The van der Waals surface area contributed by atoms with Gasteiger partial charge in [0.1, 0.15) is 0 Å². The van der Waals surface area contributed by atoms with E-state index in [-0.39, 0.29) is 0 Å². The number of carbonyl (C=O) groups excluding carboxylic acids is 1. The third-order valence-electron chi connectivity index (χ3n) is 4.22. The topological polar surface area (TPSA) is 32.3 Å². The van der Waals surface area contributed by atoms with E-state index in [0.29, 0.717) is 24.5 Å². The van der Waals surface area contributed by atoms with Crippen molar-refractivity contribution in [1.82, 2.24) is 10.2 Å². The average molecular weight is 238 g/mol. The lowest BCUT2D eigenvalue weighted by Crippen LogP contribution is -2.42. The number of nitrogens with one attached hydrogen (secondary N) is 1. The lowest BCUT2D eigenvalue weighted by molar-refractivity contribution is -0.128. The van der Waals surface area contributed by atoms with E-state index in [0.717, 1.165) is 6.54 Å². The van der Waals surface area contributed by atoms with E-state index in [4.69, 9.17) is 0 Å². The van der Waals surface area contributed by atoms with Crippen LogP contribution >= 0.6 is 0 Å². The molecule has 0 bridgehead atoms. The van der Waals surface area contributed by atoms with Gasteiger partial charge in [0, 0.05) is 6.54 Å². The van der Waals surface area contributed by atoms with Crippen LogP contribution in [0.1, 0.15) is 58.3 Å². The lowest BCUT2D eigenvalue weighted by atomic mass is 10.0. The molecule has 2 aliphatic rings.